The van der Waals surface area contributed by atoms with Crippen molar-refractivity contribution in [2.45, 2.75) is 51.6 Å². The highest BCUT2D eigenvalue weighted by Crippen LogP contribution is 2.49. The summed E-state index contributed by atoms with van der Waals surface area (Å²) in [6.45, 7) is 7.14. The number of hydrogen-bond acceptors (Lipinski definition) is 3. The molecule has 1 heterocycles. The summed E-state index contributed by atoms with van der Waals surface area (Å²) in [5, 5.41) is 3.57. The van der Waals surface area contributed by atoms with Crippen molar-refractivity contribution in [2.75, 3.05) is 26.3 Å². The Morgan fingerprint density at radius 2 is 1.95 bits per heavy atom. The van der Waals surface area contributed by atoms with E-state index in [2.05, 4.69) is 12.2 Å². The number of carbonyl (C=O) groups is 1. The highest BCUT2D eigenvalue weighted by molar-refractivity contribution is 5.81. The fourth-order valence-electron chi connectivity index (χ4n) is 4.55. The first kappa shape index (κ1) is 14.3. The molecule has 0 radical (unpaired) electrons. The van der Waals surface area contributed by atoms with Gasteiger partial charge < -0.3 is 15.0 Å². The molecule has 5 unspecified atom stereocenters. The van der Waals surface area contributed by atoms with Gasteiger partial charge in [-0.1, -0.05) is 6.42 Å². The topological polar surface area (TPSA) is 41.6 Å². The van der Waals surface area contributed by atoms with Crippen molar-refractivity contribution in [2.24, 2.45) is 17.8 Å². The molecule has 2 aliphatic carbocycles. The molecule has 1 N–H and O–H groups in total. The van der Waals surface area contributed by atoms with Crippen LogP contribution in [0.15, 0.2) is 0 Å². The Balaban J connectivity index is 1.50. The second-order valence-corrected chi connectivity index (χ2v) is 6.95. The van der Waals surface area contributed by atoms with E-state index in [9.17, 15) is 4.79 Å². The van der Waals surface area contributed by atoms with Crippen LogP contribution in [0.25, 0.3) is 0 Å². The molecule has 4 nitrogen and oxygen atoms in total. The summed E-state index contributed by atoms with van der Waals surface area (Å²) in [7, 11) is 0. The maximum absolute atomic E-state index is 12.4. The smallest absolute Gasteiger partial charge is 0.239 e. The van der Waals surface area contributed by atoms with Crippen LogP contribution in [0.3, 0.4) is 0 Å². The van der Waals surface area contributed by atoms with Gasteiger partial charge in [0, 0.05) is 19.1 Å². The van der Waals surface area contributed by atoms with Gasteiger partial charge in [0.1, 0.15) is 0 Å². The average molecular weight is 280 g/mol. The minimum Gasteiger partial charge on any atom is -0.378 e. The predicted octanol–water partition coefficient (Wildman–Crippen LogP) is 1.65. The lowest BCUT2D eigenvalue weighted by molar-refractivity contribution is -0.137. The van der Waals surface area contributed by atoms with Crippen molar-refractivity contribution >= 4 is 5.91 Å². The number of morpholine rings is 1. The van der Waals surface area contributed by atoms with Crippen LogP contribution in [-0.2, 0) is 9.53 Å². The van der Waals surface area contributed by atoms with Crippen molar-refractivity contribution in [3.05, 3.63) is 0 Å². The molecule has 3 fully saturated rings. The van der Waals surface area contributed by atoms with Gasteiger partial charge in [-0.2, -0.15) is 0 Å². The Kier molecular flexibility index (Phi) is 4.32. The van der Waals surface area contributed by atoms with Crippen molar-refractivity contribution in [1.82, 2.24) is 10.2 Å². The van der Waals surface area contributed by atoms with E-state index in [1.165, 1.54) is 25.7 Å². The molecule has 0 aromatic rings. The zero-order valence-electron chi connectivity index (χ0n) is 12.8. The van der Waals surface area contributed by atoms with Crippen LogP contribution in [0.2, 0.25) is 0 Å². The minimum atomic E-state index is -0.0674. The Morgan fingerprint density at radius 1 is 1.20 bits per heavy atom. The lowest BCUT2D eigenvalue weighted by atomic mass is 9.83. The van der Waals surface area contributed by atoms with E-state index in [0.717, 1.165) is 30.8 Å². The van der Waals surface area contributed by atoms with Gasteiger partial charge in [0.15, 0.2) is 0 Å². The van der Waals surface area contributed by atoms with Gasteiger partial charge in [0.05, 0.1) is 19.3 Å². The van der Waals surface area contributed by atoms with E-state index in [-0.39, 0.29) is 11.9 Å². The Bertz CT molecular complexity index is 354. The van der Waals surface area contributed by atoms with Crippen molar-refractivity contribution in [3.63, 3.8) is 0 Å². The molecule has 1 amide bonds. The summed E-state index contributed by atoms with van der Waals surface area (Å²) in [5.41, 5.74) is 0. The standard InChI is InChI=1S/C16H28N2O2/c1-11(15-10-13-3-4-14(15)9-13)17-12(2)16(19)18-5-7-20-8-6-18/h11-15,17H,3-10H2,1-2H3. The van der Waals surface area contributed by atoms with Crippen molar-refractivity contribution in [1.29, 1.82) is 0 Å². The maximum atomic E-state index is 12.4. The molecule has 3 aliphatic rings. The predicted molar refractivity (Wildman–Crippen MR) is 78.4 cm³/mol. The van der Waals surface area contributed by atoms with Crippen LogP contribution >= 0.6 is 0 Å². The van der Waals surface area contributed by atoms with Gasteiger partial charge in [0.25, 0.3) is 0 Å². The van der Waals surface area contributed by atoms with Crippen LogP contribution in [0.1, 0.15) is 39.5 Å². The highest BCUT2D eigenvalue weighted by atomic mass is 16.5. The lowest BCUT2D eigenvalue weighted by Gasteiger charge is -2.33. The second-order valence-electron chi connectivity index (χ2n) is 6.95. The average Bonchev–Trinajstić information content (AvgIpc) is 3.10. The monoisotopic (exact) mass is 280 g/mol. The largest absolute Gasteiger partial charge is 0.378 e. The quantitative estimate of drug-likeness (QED) is 0.851. The number of rotatable bonds is 4. The first-order valence-corrected chi connectivity index (χ1v) is 8.27. The zero-order chi connectivity index (χ0) is 14.1. The molecule has 2 bridgehead atoms. The van der Waals surface area contributed by atoms with Crippen LogP contribution < -0.4 is 5.32 Å². The number of hydrogen-bond donors (Lipinski definition) is 1. The third-order valence-electron chi connectivity index (χ3n) is 5.64. The number of nitrogens with one attached hydrogen (secondary N) is 1. The SMILES string of the molecule is CC(NC(C)C1CC2CCC1C2)C(=O)N1CCOCC1. The molecule has 2 saturated carbocycles. The molecule has 5 atom stereocenters. The zero-order valence-corrected chi connectivity index (χ0v) is 12.8. The molecule has 1 aliphatic heterocycles. The van der Waals surface area contributed by atoms with E-state index < -0.39 is 0 Å². The number of carbonyl (C=O) groups excluding carboxylic acids is 1. The molecular weight excluding hydrogens is 252 g/mol. The van der Waals surface area contributed by atoms with E-state index >= 15 is 0 Å². The molecular formula is C16H28N2O2. The molecule has 3 rings (SSSR count). The van der Waals surface area contributed by atoms with Gasteiger partial charge in [-0.15, -0.1) is 0 Å². The molecule has 0 spiro atoms. The molecule has 20 heavy (non-hydrogen) atoms. The van der Waals surface area contributed by atoms with E-state index in [1.807, 2.05) is 11.8 Å². The van der Waals surface area contributed by atoms with E-state index in [1.54, 1.807) is 0 Å². The number of amides is 1. The minimum absolute atomic E-state index is 0.0674. The van der Waals surface area contributed by atoms with Crippen LogP contribution in [0.5, 0.6) is 0 Å². The maximum Gasteiger partial charge on any atom is 0.239 e. The van der Waals surface area contributed by atoms with Crippen LogP contribution in [0, 0.1) is 17.8 Å². The van der Waals surface area contributed by atoms with E-state index in [4.69, 9.17) is 4.74 Å². The van der Waals surface area contributed by atoms with Gasteiger partial charge in [-0.05, 0) is 50.9 Å². The summed E-state index contributed by atoms with van der Waals surface area (Å²) in [6.07, 6.45) is 5.66. The number of ether oxygens (including phenoxy) is 1. The van der Waals surface area contributed by atoms with Crippen LogP contribution in [-0.4, -0.2) is 49.2 Å². The molecule has 4 heteroatoms. The molecule has 114 valence electrons. The second kappa shape index (κ2) is 6.02. The normalized spacial score (nSPS) is 36.1. The molecule has 1 saturated heterocycles. The summed E-state index contributed by atoms with van der Waals surface area (Å²) in [5.74, 6) is 2.91. The number of nitrogens with zero attached hydrogens (tertiary/aromatic N) is 1. The Hall–Kier alpha value is -0.610. The van der Waals surface area contributed by atoms with Crippen molar-refractivity contribution in [3.8, 4) is 0 Å². The summed E-state index contributed by atoms with van der Waals surface area (Å²) in [4.78, 5) is 14.4. The van der Waals surface area contributed by atoms with E-state index in [0.29, 0.717) is 19.3 Å². The Labute approximate surface area is 122 Å². The third-order valence-corrected chi connectivity index (χ3v) is 5.64. The number of fused-ring (bicyclic) bond motifs is 2. The van der Waals surface area contributed by atoms with Crippen LogP contribution in [0.4, 0.5) is 0 Å². The van der Waals surface area contributed by atoms with Crippen molar-refractivity contribution < 1.29 is 9.53 Å². The molecule has 0 aromatic carbocycles. The van der Waals surface area contributed by atoms with Gasteiger partial charge in [-0.3, -0.25) is 4.79 Å². The van der Waals surface area contributed by atoms with Gasteiger partial charge in [-0.25, -0.2) is 0 Å². The Morgan fingerprint density at radius 3 is 2.55 bits per heavy atom. The molecule has 0 aromatic heterocycles. The lowest BCUT2D eigenvalue weighted by Crippen LogP contribution is -2.52. The fourth-order valence-corrected chi connectivity index (χ4v) is 4.55. The fraction of sp³-hybridized carbons (Fsp3) is 0.938. The first-order chi connectivity index (χ1) is 9.65. The van der Waals surface area contributed by atoms with Gasteiger partial charge in [0.2, 0.25) is 5.91 Å². The van der Waals surface area contributed by atoms with Gasteiger partial charge >= 0.3 is 0 Å². The first-order valence-electron chi connectivity index (χ1n) is 8.27. The highest BCUT2D eigenvalue weighted by Gasteiger charge is 2.42. The summed E-state index contributed by atoms with van der Waals surface area (Å²) >= 11 is 0. The third kappa shape index (κ3) is 2.86. The summed E-state index contributed by atoms with van der Waals surface area (Å²) in [6, 6.07) is 0.396. The summed E-state index contributed by atoms with van der Waals surface area (Å²) < 4.78 is 5.31.